The van der Waals surface area contributed by atoms with Crippen LogP contribution in [-0.4, -0.2) is 14.5 Å². The Morgan fingerprint density at radius 2 is 2.27 bits per heavy atom. The summed E-state index contributed by atoms with van der Waals surface area (Å²) in [7, 11) is 1.85. The van der Waals surface area contributed by atoms with E-state index in [0.717, 1.165) is 5.82 Å². The number of aromatic nitrogens is 3. The molecule has 0 saturated heterocycles. The van der Waals surface area contributed by atoms with Crippen molar-refractivity contribution in [2.75, 3.05) is 0 Å². The van der Waals surface area contributed by atoms with Crippen LogP contribution in [0, 0.1) is 5.95 Å². The van der Waals surface area contributed by atoms with Crippen LogP contribution in [0.15, 0.2) is 30.7 Å². The van der Waals surface area contributed by atoms with E-state index in [1.807, 2.05) is 11.6 Å². The molecule has 0 saturated carbocycles. The van der Waals surface area contributed by atoms with Crippen molar-refractivity contribution in [3.05, 3.63) is 42.5 Å². The number of imidazole rings is 1. The van der Waals surface area contributed by atoms with E-state index in [0.29, 0.717) is 0 Å². The van der Waals surface area contributed by atoms with Crippen LogP contribution in [-0.2, 0) is 13.7 Å². The first-order chi connectivity index (χ1) is 7.27. The lowest BCUT2D eigenvalue weighted by Gasteiger charge is -2.05. The molecule has 0 N–H and O–H groups in total. The number of halogens is 1. The van der Waals surface area contributed by atoms with Crippen molar-refractivity contribution in [1.82, 2.24) is 14.5 Å². The second kappa shape index (κ2) is 4.08. The third-order valence-corrected chi connectivity index (χ3v) is 2.00. The Hall–Kier alpha value is -1.91. The molecule has 0 aromatic carbocycles. The van der Waals surface area contributed by atoms with Gasteiger partial charge in [-0.15, -0.1) is 0 Å². The molecule has 15 heavy (non-hydrogen) atoms. The smallest absolute Gasteiger partial charge is 0.255 e. The van der Waals surface area contributed by atoms with Gasteiger partial charge in [0, 0.05) is 25.6 Å². The first-order valence-corrected chi connectivity index (χ1v) is 4.47. The number of pyridine rings is 1. The van der Waals surface area contributed by atoms with Gasteiger partial charge in [-0.3, -0.25) is 0 Å². The zero-order valence-electron chi connectivity index (χ0n) is 8.22. The van der Waals surface area contributed by atoms with E-state index < -0.39 is 5.95 Å². The number of aryl methyl sites for hydroxylation is 1. The minimum Gasteiger partial charge on any atom is -0.481 e. The summed E-state index contributed by atoms with van der Waals surface area (Å²) < 4.78 is 20.1. The Morgan fingerprint density at radius 3 is 2.93 bits per heavy atom. The molecule has 0 fully saturated rings. The lowest BCUT2D eigenvalue weighted by Crippen LogP contribution is -2.04. The predicted octanol–water partition coefficient (Wildman–Crippen LogP) is 1.53. The van der Waals surface area contributed by atoms with Gasteiger partial charge in [-0.2, -0.15) is 4.39 Å². The number of rotatable bonds is 3. The fraction of sp³-hybridized carbons (Fsp3) is 0.200. The van der Waals surface area contributed by atoms with Crippen molar-refractivity contribution in [3.8, 4) is 5.75 Å². The van der Waals surface area contributed by atoms with Gasteiger partial charge in [0.25, 0.3) is 5.95 Å². The molecule has 5 heteroatoms. The van der Waals surface area contributed by atoms with Crippen LogP contribution in [0.2, 0.25) is 0 Å². The number of ether oxygens (including phenoxy) is 1. The number of hydrogen-bond acceptors (Lipinski definition) is 3. The van der Waals surface area contributed by atoms with Crippen LogP contribution >= 0.6 is 0 Å². The topological polar surface area (TPSA) is 39.9 Å². The van der Waals surface area contributed by atoms with E-state index in [1.54, 1.807) is 18.5 Å². The molecule has 2 aromatic rings. The van der Waals surface area contributed by atoms with Crippen LogP contribution in [0.25, 0.3) is 0 Å². The SMILES string of the molecule is Cn1ccnc1COc1cccnc1F. The summed E-state index contributed by atoms with van der Waals surface area (Å²) in [6.45, 7) is 0.228. The molecule has 78 valence electrons. The van der Waals surface area contributed by atoms with Gasteiger partial charge in [0.2, 0.25) is 0 Å². The Kier molecular flexibility index (Phi) is 2.62. The summed E-state index contributed by atoms with van der Waals surface area (Å²) in [6, 6.07) is 3.15. The second-order valence-corrected chi connectivity index (χ2v) is 3.04. The van der Waals surface area contributed by atoms with Crippen LogP contribution in [0.5, 0.6) is 5.75 Å². The third kappa shape index (κ3) is 2.12. The summed E-state index contributed by atoms with van der Waals surface area (Å²) in [5.41, 5.74) is 0. The minimum atomic E-state index is -0.605. The highest BCUT2D eigenvalue weighted by molar-refractivity contribution is 5.17. The van der Waals surface area contributed by atoms with E-state index in [1.165, 1.54) is 12.3 Å². The molecule has 0 spiro atoms. The normalized spacial score (nSPS) is 10.3. The maximum Gasteiger partial charge on any atom is 0.255 e. The van der Waals surface area contributed by atoms with Gasteiger partial charge in [-0.1, -0.05) is 0 Å². The van der Waals surface area contributed by atoms with E-state index >= 15 is 0 Å². The summed E-state index contributed by atoms with van der Waals surface area (Å²) in [6.07, 6.45) is 4.85. The maximum absolute atomic E-state index is 13.1. The maximum atomic E-state index is 13.1. The van der Waals surface area contributed by atoms with Crippen LogP contribution in [0.1, 0.15) is 5.82 Å². The van der Waals surface area contributed by atoms with Crippen molar-refractivity contribution in [3.63, 3.8) is 0 Å². The molecule has 0 amide bonds. The molecular formula is C10H10FN3O. The molecule has 0 radical (unpaired) electrons. The van der Waals surface area contributed by atoms with Gasteiger partial charge >= 0.3 is 0 Å². The second-order valence-electron chi connectivity index (χ2n) is 3.04. The molecule has 2 aromatic heterocycles. The average molecular weight is 207 g/mol. The average Bonchev–Trinajstić information content (AvgIpc) is 2.63. The van der Waals surface area contributed by atoms with Crippen molar-refractivity contribution in [2.45, 2.75) is 6.61 Å². The predicted molar refractivity (Wildman–Crippen MR) is 51.7 cm³/mol. The first kappa shape index (κ1) is 9.64. The fourth-order valence-corrected chi connectivity index (χ4v) is 1.16. The molecule has 0 aliphatic rings. The molecule has 4 nitrogen and oxygen atoms in total. The van der Waals surface area contributed by atoms with E-state index in [2.05, 4.69) is 9.97 Å². The zero-order chi connectivity index (χ0) is 10.7. The van der Waals surface area contributed by atoms with Gasteiger partial charge in [-0.05, 0) is 12.1 Å². The Balaban J connectivity index is 2.06. The molecule has 0 aliphatic heterocycles. The molecule has 0 bridgehead atoms. The summed E-state index contributed by atoms with van der Waals surface area (Å²) in [5.74, 6) is 0.269. The standard InChI is InChI=1S/C10H10FN3O/c1-14-6-5-12-9(14)7-15-8-3-2-4-13-10(8)11/h2-6H,7H2,1H3. The highest BCUT2D eigenvalue weighted by Crippen LogP contribution is 2.14. The van der Waals surface area contributed by atoms with Gasteiger partial charge < -0.3 is 9.30 Å². The van der Waals surface area contributed by atoms with Gasteiger partial charge in [-0.25, -0.2) is 9.97 Å². The van der Waals surface area contributed by atoms with Crippen molar-refractivity contribution in [2.24, 2.45) is 7.05 Å². The lowest BCUT2D eigenvalue weighted by molar-refractivity contribution is 0.273. The van der Waals surface area contributed by atoms with Gasteiger partial charge in [0.15, 0.2) is 5.75 Å². The number of hydrogen-bond donors (Lipinski definition) is 0. The molecule has 0 aliphatic carbocycles. The summed E-state index contributed by atoms with van der Waals surface area (Å²) >= 11 is 0. The monoisotopic (exact) mass is 207 g/mol. The molecular weight excluding hydrogens is 197 g/mol. The summed E-state index contributed by atoms with van der Waals surface area (Å²) in [5, 5.41) is 0. The molecule has 0 unspecified atom stereocenters. The van der Waals surface area contributed by atoms with Crippen molar-refractivity contribution >= 4 is 0 Å². The van der Waals surface area contributed by atoms with Gasteiger partial charge in [0.05, 0.1) is 0 Å². The highest BCUT2D eigenvalue weighted by Gasteiger charge is 2.05. The highest BCUT2D eigenvalue weighted by atomic mass is 19.1. The largest absolute Gasteiger partial charge is 0.481 e. The van der Waals surface area contributed by atoms with E-state index in [4.69, 9.17) is 4.74 Å². The van der Waals surface area contributed by atoms with Crippen LogP contribution in [0.4, 0.5) is 4.39 Å². The number of nitrogens with zero attached hydrogens (tertiary/aromatic N) is 3. The third-order valence-electron chi connectivity index (χ3n) is 2.00. The van der Waals surface area contributed by atoms with E-state index in [9.17, 15) is 4.39 Å². The Labute approximate surface area is 86.4 Å². The van der Waals surface area contributed by atoms with Crippen molar-refractivity contribution < 1.29 is 9.13 Å². The van der Waals surface area contributed by atoms with E-state index in [-0.39, 0.29) is 12.4 Å². The molecule has 2 rings (SSSR count). The zero-order valence-corrected chi connectivity index (χ0v) is 8.22. The molecule has 0 atom stereocenters. The Bertz CT molecular complexity index is 455. The van der Waals surface area contributed by atoms with Crippen LogP contribution < -0.4 is 4.74 Å². The fourth-order valence-electron chi connectivity index (χ4n) is 1.16. The van der Waals surface area contributed by atoms with Crippen molar-refractivity contribution in [1.29, 1.82) is 0 Å². The van der Waals surface area contributed by atoms with Gasteiger partial charge in [0.1, 0.15) is 12.4 Å². The molecule has 2 heterocycles. The lowest BCUT2D eigenvalue weighted by atomic mass is 10.4. The quantitative estimate of drug-likeness (QED) is 0.716. The van der Waals surface area contributed by atoms with Crippen LogP contribution in [0.3, 0.4) is 0 Å². The summed E-state index contributed by atoms with van der Waals surface area (Å²) in [4.78, 5) is 7.54. The first-order valence-electron chi connectivity index (χ1n) is 4.47. The minimum absolute atomic E-state index is 0.139. The Morgan fingerprint density at radius 1 is 1.40 bits per heavy atom.